The quantitative estimate of drug-likeness (QED) is 0.0891. The number of rotatable bonds is 17. The summed E-state index contributed by atoms with van der Waals surface area (Å²) in [7, 11) is 0. The summed E-state index contributed by atoms with van der Waals surface area (Å²) in [6.45, 7) is 20.0. The highest BCUT2D eigenvalue weighted by molar-refractivity contribution is 5.82. The standard InChI is InChI=1S/C77H132O31/c1-13-56(103-63-29-27-58(43(9)98-63)104-62-28-26-50(81)42(8)97-62)39(5)65(88)41(7)66(89)40(6)57-22-18-14-16-21-48(79)31-51(82)37(3)52(83)32-53(84)38(4)59-33-55(86)74(95)77(96,108-59)35-60(36(2)24-25-49(80)30-47(78)20-17-15-19-23-61(87)102-57)105-76-73(107-75-71(94)70(93)68(91)45(11)100-75)72(69(92)46(12)101-76)106-64-34-54(85)67(90)44(10)99-64/h14-19,21,23,36-60,62-76,78-86,88-96H,13,20,22,24-35H2,1-12H3/b17-15-,18-14-,21-16-,23-19-/t36-,37-,38+,39+,40-,41+,42-,43-,44-,45-,46-,47-,48-,49+,50+,51+,52-,53-,54-,55-,56-,57+,58+,59+,60-,62+,63+,64+,65-,66-,67-,68-,69-,70+,71-,72+,73-,74-,75+,76+,77+/m1/s1. The van der Waals surface area contributed by atoms with Gasteiger partial charge in [-0.1, -0.05) is 91.0 Å². The number of aliphatic hydroxyl groups excluding tert-OH is 17. The van der Waals surface area contributed by atoms with Gasteiger partial charge in [-0.15, -0.1) is 0 Å². The van der Waals surface area contributed by atoms with E-state index in [1.807, 2.05) is 27.7 Å². The lowest BCUT2D eigenvalue weighted by Gasteiger charge is -2.50. The fourth-order valence-electron chi connectivity index (χ4n) is 15.6. The molecule has 0 aliphatic carbocycles. The van der Waals surface area contributed by atoms with Crippen LogP contribution < -0.4 is 0 Å². The maximum atomic E-state index is 13.6. The Hall–Kier alpha value is -2.73. The van der Waals surface area contributed by atoms with E-state index in [1.54, 1.807) is 39.0 Å². The van der Waals surface area contributed by atoms with E-state index in [2.05, 4.69) is 0 Å². The summed E-state index contributed by atoms with van der Waals surface area (Å²) in [5.41, 5.74) is 0. The number of esters is 1. The first-order chi connectivity index (χ1) is 50.8. The number of aliphatic hydroxyl groups is 18. The molecule has 0 spiro atoms. The third-order valence-corrected chi connectivity index (χ3v) is 23.5. The van der Waals surface area contributed by atoms with E-state index in [0.29, 0.717) is 32.1 Å². The molecule has 6 fully saturated rings. The maximum absolute atomic E-state index is 13.6. The van der Waals surface area contributed by atoms with Gasteiger partial charge in [0, 0.05) is 80.6 Å². The summed E-state index contributed by atoms with van der Waals surface area (Å²) in [6.07, 6.45) is -28.8. The number of hydrogen-bond acceptors (Lipinski definition) is 31. The Morgan fingerprint density at radius 3 is 1.79 bits per heavy atom. The molecule has 18 N–H and O–H groups in total. The van der Waals surface area contributed by atoms with Crippen LogP contribution in [0.15, 0.2) is 48.6 Å². The molecule has 0 amide bonds. The van der Waals surface area contributed by atoms with Gasteiger partial charge in [0.25, 0.3) is 0 Å². The first-order valence-corrected chi connectivity index (χ1v) is 39.2. The third-order valence-electron chi connectivity index (χ3n) is 23.5. The summed E-state index contributed by atoms with van der Waals surface area (Å²) in [5.74, 6) is -8.32. The van der Waals surface area contributed by atoms with Crippen LogP contribution in [0, 0.1) is 35.5 Å². The minimum Gasteiger partial charge on any atom is -0.458 e. The second-order valence-electron chi connectivity index (χ2n) is 32.0. The predicted molar refractivity (Wildman–Crippen MR) is 384 cm³/mol. The summed E-state index contributed by atoms with van der Waals surface area (Å²) < 4.78 is 74.7. The molecular formula is C77H132O31. The number of allylic oxidation sites excluding steroid dienone is 4. The summed E-state index contributed by atoms with van der Waals surface area (Å²) in [6, 6.07) is 0. The van der Waals surface area contributed by atoms with E-state index in [9.17, 15) is 96.7 Å². The molecule has 7 rings (SSSR count). The zero-order valence-electron chi connectivity index (χ0n) is 64.7. The van der Waals surface area contributed by atoms with Crippen LogP contribution in [0.4, 0.5) is 0 Å². The average Bonchev–Trinajstić information content (AvgIpc) is 0.772. The fourth-order valence-corrected chi connectivity index (χ4v) is 15.6. The molecule has 0 unspecified atom stereocenters. The minimum absolute atomic E-state index is 0.00606. The number of ether oxygens (including phenoxy) is 12. The van der Waals surface area contributed by atoms with Gasteiger partial charge in [0.15, 0.2) is 37.2 Å². The Kier molecular flexibility index (Phi) is 36.6. The van der Waals surface area contributed by atoms with Crippen LogP contribution in [-0.2, 0) is 61.6 Å². The van der Waals surface area contributed by atoms with Crippen molar-refractivity contribution >= 4 is 5.97 Å². The van der Waals surface area contributed by atoms with E-state index in [1.165, 1.54) is 58.9 Å². The van der Waals surface area contributed by atoms with Crippen LogP contribution in [0.1, 0.15) is 179 Å². The zero-order valence-corrected chi connectivity index (χ0v) is 64.7. The smallest absolute Gasteiger partial charge is 0.331 e. The molecule has 0 aromatic heterocycles. The Balaban J connectivity index is 1.09. The first-order valence-electron chi connectivity index (χ1n) is 39.2. The lowest BCUT2D eigenvalue weighted by atomic mass is 9.79. The van der Waals surface area contributed by atoms with Crippen molar-refractivity contribution in [1.82, 2.24) is 0 Å². The van der Waals surface area contributed by atoms with Crippen molar-refractivity contribution in [3.05, 3.63) is 48.6 Å². The van der Waals surface area contributed by atoms with Crippen molar-refractivity contribution in [2.75, 3.05) is 0 Å². The number of hydrogen-bond donors (Lipinski definition) is 18. The molecule has 0 aromatic rings. The SMILES string of the molecule is CC[C@@H](O[C@H]1CC[C@H](O[C@H]2CC[C@H](O)[C@@H](C)O2)[C@@H](C)O1)[C@H](C)[C@@H](O)[C@H](C)[C@H](O)[C@H](C)[C@@H]1C/C=C\C=C/[C@@H](O)C[C@H](O)[C@@H](C)[C@H](O)C[C@@H](O)[C@H](C)[C@@H]2C[C@@H](O)[C@@H](O)[C@](O)(C[C@@H](O[C@@H]3O[C@H](C)[C@@H](O)[C@H](O[C@H]4C[C@@H](O)[C@H](O)[C@@H](C)O4)[C@H]3O[C@@H]3O[C@H](C)[C@@H](O)[C@H](O)[C@H]3O)[C@H](C)CC[C@H](O)C[C@H](O)C/C=C\C=C/C(=O)O1)O2. The van der Waals surface area contributed by atoms with Crippen LogP contribution in [0.5, 0.6) is 0 Å². The van der Waals surface area contributed by atoms with Gasteiger partial charge in [0.1, 0.15) is 54.9 Å². The monoisotopic (exact) mass is 1550 g/mol. The topological polar surface area (TPSA) is 492 Å². The number of carbonyl (C=O) groups is 1. The van der Waals surface area contributed by atoms with Crippen molar-refractivity contribution < 1.29 is 154 Å². The predicted octanol–water partition coefficient (Wildman–Crippen LogP) is 0.697. The van der Waals surface area contributed by atoms with Crippen LogP contribution in [0.25, 0.3) is 0 Å². The highest BCUT2D eigenvalue weighted by Gasteiger charge is 2.56. The molecule has 0 aromatic carbocycles. The van der Waals surface area contributed by atoms with E-state index in [-0.39, 0.29) is 76.1 Å². The Morgan fingerprint density at radius 2 is 1.11 bits per heavy atom. The number of fused-ring (bicyclic) bond motifs is 2. The van der Waals surface area contributed by atoms with Crippen molar-refractivity contribution in [2.45, 2.75) is 394 Å². The second-order valence-corrected chi connectivity index (χ2v) is 32.0. The largest absolute Gasteiger partial charge is 0.458 e. The molecule has 0 saturated carbocycles. The van der Waals surface area contributed by atoms with Gasteiger partial charge < -0.3 is 149 Å². The molecule has 7 aliphatic heterocycles. The molecule has 7 aliphatic rings. The molecule has 0 radical (unpaired) electrons. The first kappa shape index (κ1) is 92.4. The molecule has 626 valence electrons. The van der Waals surface area contributed by atoms with E-state index in [0.717, 1.165) is 6.08 Å². The zero-order chi connectivity index (χ0) is 79.9. The van der Waals surface area contributed by atoms with E-state index in [4.69, 9.17) is 56.8 Å². The van der Waals surface area contributed by atoms with Gasteiger partial charge in [-0.3, -0.25) is 0 Å². The summed E-state index contributed by atoms with van der Waals surface area (Å²) >= 11 is 0. The lowest BCUT2D eigenvalue weighted by Crippen LogP contribution is -2.65. The summed E-state index contributed by atoms with van der Waals surface area (Å²) in [5, 5.41) is 205. The van der Waals surface area contributed by atoms with Crippen molar-refractivity contribution in [3.8, 4) is 0 Å². The maximum Gasteiger partial charge on any atom is 0.331 e. The third kappa shape index (κ3) is 25.4. The second kappa shape index (κ2) is 42.8. The molecular weight excluding hydrogens is 1420 g/mol. The van der Waals surface area contributed by atoms with Gasteiger partial charge in [-0.2, -0.15) is 0 Å². The molecule has 6 saturated heterocycles. The van der Waals surface area contributed by atoms with Gasteiger partial charge in [-0.25, -0.2) is 4.79 Å². The number of carbonyl (C=O) groups excluding carboxylic acids is 1. The molecule has 2 bridgehead atoms. The highest BCUT2D eigenvalue weighted by Crippen LogP contribution is 2.42. The van der Waals surface area contributed by atoms with Crippen LogP contribution in [0.2, 0.25) is 0 Å². The molecule has 108 heavy (non-hydrogen) atoms. The van der Waals surface area contributed by atoms with Crippen molar-refractivity contribution in [1.29, 1.82) is 0 Å². The van der Waals surface area contributed by atoms with E-state index >= 15 is 0 Å². The van der Waals surface area contributed by atoms with Crippen LogP contribution in [0.3, 0.4) is 0 Å². The Labute approximate surface area is 634 Å². The highest BCUT2D eigenvalue weighted by atomic mass is 16.8. The van der Waals surface area contributed by atoms with Gasteiger partial charge in [0.05, 0.1) is 122 Å². The number of cyclic esters (lactones) is 1. The average molecular weight is 1550 g/mol. The lowest BCUT2D eigenvalue weighted by molar-refractivity contribution is -0.390. The molecule has 31 nitrogen and oxygen atoms in total. The van der Waals surface area contributed by atoms with Gasteiger partial charge >= 0.3 is 5.97 Å². The normalized spacial score (nSPS) is 47.6. The fraction of sp³-hybridized carbons (Fsp3) is 0.883. The molecule has 7 heterocycles. The Morgan fingerprint density at radius 1 is 0.491 bits per heavy atom. The van der Waals surface area contributed by atoms with Crippen molar-refractivity contribution in [3.63, 3.8) is 0 Å². The minimum atomic E-state index is -2.72. The van der Waals surface area contributed by atoms with Crippen LogP contribution >= 0.6 is 0 Å². The van der Waals surface area contributed by atoms with Crippen molar-refractivity contribution in [2.24, 2.45) is 35.5 Å². The van der Waals surface area contributed by atoms with Crippen LogP contribution in [-0.4, -0.2) is 312 Å². The van der Waals surface area contributed by atoms with Gasteiger partial charge in [-0.05, 0) is 91.9 Å². The van der Waals surface area contributed by atoms with E-state index < -0.39 is 244 Å². The Bertz CT molecular complexity index is 2740. The molecule has 31 heteroatoms. The summed E-state index contributed by atoms with van der Waals surface area (Å²) in [4.78, 5) is 13.6. The molecule has 41 atom stereocenters. The van der Waals surface area contributed by atoms with Gasteiger partial charge in [0.2, 0.25) is 0 Å².